The summed E-state index contributed by atoms with van der Waals surface area (Å²) in [5, 5.41) is 2.08. The third-order valence-corrected chi connectivity index (χ3v) is 5.32. The second-order valence-corrected chi connectivity index (χ2v) is 7.49. The molecule has 0 aliphatic carbocycles. The zero-order valence-electron chi connectivity index (χ0n) is 18.8. The summed E-state index contributed by atoms with van der Waals surface area (Å²) < 4.78 is 15.2. The molecule has 0 spiro atoms. The van der Waals surface area contributed by atoms with E-state index in [1.165, 1.54) is 12.0 Å². The molecule has 0 aliphatic heterocycles. The van der Waals surface area contributed by atoms with Gasteiger partial charge in [0.2, 0.25) is 0 Å². The number of aromatic amines is 1. The summed E-state index contributed by atoms with van der Waals surface area (Å²) in [6.45, 7) is 3.24. The predicted octanol–water partition coefficient (Wildman–Crippen LogP) is 3.40. The molecule has 3 aromatic rings. The highest BCUT2D eigenvalue weighted by Gasteiger charge is 2.24. The number of benzene rings is 2. The van der Waals surface area contributed by atoms with Crippen molar-refractivity contribution >= 4 is 28.6 Å². The zero-order valence-corrected chi connectivity index (χ0v) is 18.8. The van der Waals surface area contributed by atoms with E-state index in [9.17, 15) is 14.4 Å². The van der Waals surface area contributed by atoms with E-state index < -0.39 is 18.5 Å². The number of hydrogen-bond donors (Lipinski definition) is 1. The Balaban J connectivity index is 1.62. The summed E-state index contributed by atoms with van der Waals surface area (Å²) in [5.74, 6) is -0.810. The number of rotatable bonds is 7. The smallest absolute Gasteiger partial charge is 0.355 e. The molecule has 2 aromatic carbocycles. The van der Waals surface area contributed by atoms with E-state index in [0.29, 0.717) is 17.8 Å². The molecule has 1 N–H and O–H groups in total. The number of likely N-dealkylation sites (N-methyl/N-ethyl adjacent to an activating group) is 1. The number of fused-ring (bicyclic) bond motifs is 1. The van der Waals surface area contributed by atoms with Crippen molar-refractivity contribution in [2.24, 2.45) is 0 Å². The minimum atomic E-state index is -0.706. The summed E-state index contributed by atoms with van der Waals surface area (Å²) in [5.41, 5.74) is 2.29. The first-order valence-electron chi connectivity index (χ1n) is 10.0. The Morgan fingerprint density at radius 2 is 1.66 bits per heavy atom. The molecule has 3 rings (SSSR count). The number of amides is 1. The molecular weight excluding hydrogens is 412 g/mol. The Bertz CT molecular complexity index is 1180. The summed E-state index contributed by atoms with van der Waals surface area (Å²) in [4.78, 5) is 41.1. The number of esters is 2. The molecule has 0 saturated carbocycles. The number of carbonyl (C=O) groups excluding carboxylic acids is 3. The number of nitrogens with zero attached hydrogens (tertiary/aromatic N) is 1. The number of carbonyl (C=O) groups is 3. The van der Waals surface area contributed by atoms with E-state index in [4.69, 9.17) is 14.2 Å². The van der Waals surface area contributed by atoms with Gasteiger partial charge in [-0.3, -0.25) is 4.79 Å². The SMILES string of the molecule is COC(=O)c1c(C)[nH]c(C(=O)OCC(=O)N(C)Cc2ccc3cc(OC)ccc3c2)c1C. The van der Waals surface area contributed by atoms with E-state index in [1.54, 1.807) is 28.0 Å². The lowest BCUT2D eigenvalue weighted by Crippen LogP contribution is -2.31. The van der Waals surface area contributed by atoms with Crippen LogP contribution in [0.4, 0.5) is 0 Å². The Morgan fingerprint density at radius 1 is 0.969 bits per heavy atom. The van der Waals surface area contributed by atoms with Gasteiger partial charge in [-0.2, -0.15) is 0 Å². The fourth-order valence-electron chi connectivity index (χ4n) is 3.53. The maximum atomic E-state index is 12.5. The van der Waals surface area contributed by atoms with Crippen molar-refractivity contribution in [2.45, 2.75) is 20.4 Å². The Morgan fingerprint density at radius 3 is 2.34 bits per heavy atom. The first-order chi connectivity index (χ1) is 15.2. The molecule has 0 unspecified atom stereocenters. The van der Waals surface area contributed by atoms with Crippen LogP contribution in [0.25, 0.3) is 10.8 Å². The van der Waals surface area contributed by atoms with Crippen LogP contribution in [0, 0.1) is 13.8 Å². The van der Waals surface area contributed by atoms with Gasteiger partial charge in [-0.1, -0.05) is 18.2 Å². The number of nitrogens with one attached hydrogen (secondary N) is 1. The van der Waals surface area contributed by atoms with Gasteiger partial charge in [0.1, 0.15) is 11.4 Å². The van der Waals surface area contributed by atoms with Gasteiger partial charge >= 0.3 is 11.9 Å². The van der Waals surface area contributed by atoms with Crippen LogP contribution in [-0.2, 0) is 20.8 Å². The number of methoxy groups -OCH3 is 2. The third kappa shape index (κ3) is 4.74. The molecule has 0 bridgehead atoms. The van der Waals surface area contributed by atoms with Gasteiger partial charge < -0.3 is 24.1 Å². The largest absolute Gasteiger partial charge is 0.497 e. The number of hydrogen-bond acceptors (Lipinski definition) is 6. The van der Waals surface area contributed by atoms with Crippen molar-refractivity contribution in [3.05, 3.63) is 64.5 Å². The number of ether oxygens (including phenoxy) is 3. The average molecular weight is 438 g/mol. The maximum Gasteiger partial charge on any atom is 0.355 e. The van der Waals surface area contributed by atoms with Crippen LogP contribution < -0.4 is 4.74 Å². The number of aryl methyl sites for hydroxylation is 1. The quantitative estimate of drug-likeness (QED) is 0.568. The normalized spacial score (nSPS) is 10.7. The van der Waals surface area contributed by atoms with Gasteiger partial charge in [-0.05, 0) is 53.9 Å². The molecule has 0 saturated heterocycles. The minimum absolute atomic E-state index is 0.128. The summed E-state index contributed by atoms with van der Waals surface area (Å²) >= 11 is 0. The van der Waals surface area contributed by atoms with E-state index in [0.717, 1.165) is 22.1 Å². The van der Waals surface area contributed by atoms with Crippen molar-refractivity contribution in [1.29, 1.82) is 0 Å². The molecule has 1 aromatic heterocycles. The topological polar surface area (TPSA) is 97.9 Å². The zero-order chi connectivity index (χ0) is 23.4. The van der Waals surface area contributed by atoms with Crippen LogP contribution in [0.3, 0.4) is 0 Å². The van der Waals surface area contributed by atoms with Crippen molar-refractivity contribution in [1.82, 2.24) is 9.88 Å². The monoisotopic (exact) mass is 438 g/mol. The van der Waals surface area contributed by atoms with Crippen molar-refractivity contribution in [3.8, 4) is 5.75 Å². The first kappa shape index (κ1) is 22.9. The van der Waals surface area contributed by atoms with Crippen molar-refractivity contribution in [2.75, 3.05) is 27.9 Å². The molecule has 0 atom stereocenters. The minimum Gasteiger partial charge on any atom is -0.497 e. The Hall–Kier alpha value is -3.81. The molecule has 0 fully saturated rings. The fraction of sp³-hybridized carbons (Fsp3) is 0.292. The fourth-order valence-corrected chi connectivity index (χ4v) is 3.53. The molecule has 1 heterocycles. The predicted molar refractivity (Wildman–Crippen MR) is 119 cm³/mol. The van der Waals surface area contributed by atoms with Crippen LogP contribution in [0.5, 0.6) is 5.75 Å². The molecule has 168 valence electrons. The standard InChI is InChI=1S/C24H26N2O6/c1-14-21(23(28)31-5)15(2)25-22(14)24(29)32-13-20(27)26(3)12-16-6-7-18-11-19(30-4)9-8-17(18)10-16/h6-11,25H,12-13H2,1-5H3. The highest BCUT2D eigenvalue weighted by Crippen LogP contribution is 2.23. The van der Waals surface area contributed by atoms with Gasteiger partial charge in [0.05, 0.1) is 19.8 Å². The molecule has 8 nitrogen and oxygen atoms in total. The number of aromatic nitrogens is 1. The highest BCUT2D eigenvalue weighted by molar-refractivity contribution is 5.99. The highest BCUT2D eigenvalue weighted by atomic mass is 16.5. The molecule has 8 heteroatoms. The average Bonchev–Trinajstić information content (AvgIpc) is 3.10. The maximum absolute atomic E-state index is 12.5. The van der Waals surface area contributed by atoms with Crippen LogP contribution in [0.1, 0.15) is 37.7 Å². The summed E-state index contributed by atoms with van der Waals surface area (Å²) in [6.07, 6.45) is 0. The van der Waals surface area contributed by atoms with Crippen LogP contribution in [0.15, 0.2) is 36.4 Å². The lowest BCUT2D eigenvalue weighted by molar-refractivity contribution is -0.133. The van der Waals surface area contributed by atoms with Crippen molar-refractivity contribution < 1.29 is 28.6 Å². The van der Waals surface area contributed by atoms with Crippen LogP contribution >= 0.6 is 0 Å². The van der Waals surface area contributed by atoms with Gasteiger partial charge in [-0.15, -0.1) is 0 Å². The molecule has 32 heavy (non-hydrogen) atoms. The Labute approximate surface area is 186 Å². The second kappa shape index (κ2) is 9.55. The van der Waals surface area contributed by atoms with Gasteiger partial charge in [0, 0.05) is 19.3 Å². The van der Waals surface area contributed by atoms with Gasteiger partial charge in [-0.25, -0.2) is 9.59 Å². The molecule has 0 aliphatic rings. The lowest BCUT2D eigenvalue weighted by atomic mass is 10.1. The molecule has 0 radical (unpaired) electrons. The summed E-state index contributed by atoms with van der Waals surface area (Å²) in [6, 6.07) is 11.7. The van der Waals surface area contributed by atoms with E-state index in [-0.39, 0.29) is 17.2 Å². The van der Waals surface area contributed by atoms with Crippen LogP contribution in [0.2, 0.25) is 0 Å². The van der Waals surface area contributed by atoms with Gasteiger partial charge in [0.25, 0.3) is 5.91 Å². The van der Waals surface area contributed by atoms with Crippen LogP contribution in [-0.4, -0.2) is 55.6 Å². The summed E-state index contributed by atoms with van der Waals surface area (Å²) in [7, 11) is 4.54. The third-order valence-electron chi connectivity index (χ3n) is 5.32. The molecular formula is C24H26N2O6. The van der Waals surface area contributed by atoms with E-state index >= 15 is 0 Å². The Kier molecular flexibility index (Phi) is 6.82. The van der Waals surface area contributed by atoms with Gasteiger partial charge in [0.15, 0.2) is 6.61 Å². The van der Waals surface area contributed by atoms with E-state index in [1.807, 2.05) is 36.4 Å². The van der Waals surface area contributed by atoms with Crippen molar-refractivity contribution in [3.63, 3.8) is 0 Å². The lowest BCUT2D eigenvalue weighted by Gasteiger charge is -2.17. The number of H-pyrrole nitrogens is 1. The first-order valence-corrected chi connectivity index (χ1v) is 10.0. The second-order valence-electron chi connectivity index (χ2n) is 7.49. The molecule has 1 amide bonds. The van der Waals surface area contributed by atoms with E-state index in [2.05, 4.69) is 4.98 Å².